The van der Waals surface area contributed by atoms with Crippen LogP contribution < -0.4 is 4.74 Å². The van der Waals surface area contributed by atoms with Crippen molar-refractivity contribution in [1.29, 1.82) is 0 Å². The van der Waals surface area contributed by atoms with Gasteiger partial charge in [-0.25, -0.2) is 9.37 Å². The predicted octanol–water partition coefficient (Wildman–Crippen LogP) is 3.36. The van der Waals surface area contributed by atoms with Gasteiger partial charge in [0, 0.05) is 0 Å². The number of aromatic nitrogens is 1. The number of nitro benzene ring substituents is 1. The van der Waals surface area contributed by atoms with E-state index in [1.54, 1.807) is 18.2 Å². The van der Waals surface area contributed by atoms with E-state index in [0.717, 1.165) is 12.1 Å². The average Bonchev–Trinajstić information content (AvgIpc) is 2.37. The van der Waals surface area contributed by atoms with Crippen LogP contribution in [0.3, 0.4) is 0 Å². The molecular weight excluding hydrogens is 275 g/mol. The molecule has 0 fully saturated rings. The molecule has 0 aliphatic heterocycles. The standard InChI is InChI=1S/C12H8ClFN2O3/c13-12-3-1-2-9(15-12)7-19-11-5-4-8(14)6-10(11)16(17)18/h1-6H,7H2. The zero-order chi connectivity index (χ0) is 13.8. The summed E-state index contributed by atoms with van der Waals surface area (Å²) in [5.41, 5.74) is 0.0909. The largest absolute Gasteiger partial charge is 0.480 e. The molecule has 5 nitrogen and oxygen atoms in total. The lowest BCUT2D eigenvalue weighted by atomic mass is 10.3. The van der Waals surface area contributed by atoms with Gasteiger partial charge >= 0.3 is 5.69 Å². The third-order valence-electron chi connectivity index (χ3n) is 2.27. The molecule has 2 aromatic rings. The smallest absolute Gasteiger partial charge is 0.313 e. The molecule has 0 aliphatic carbocycles. The Morgan fingerprint density at radius 2 is 2.16 bits per heavy atom. The topological polar surface area (TPSA) is 65.3 Å². The van der Waals surface area contributed by atoms with Crippen molar-refractivity contribution in [3.05, 3.63) is 63.2 Å². The number of benzene rings is 1. The maximum absolute atomic E-state index is 12.9. The first-order valence-corrected chi connectivity index (χ1v) is 5.62. The Balaban J connectivity index is 2.17. The average molecular weight is 283 g/mol. The molecule has 0 N–H and O–H groups in total. The molecule has 0 bridgehead atoms. The summed E-state index contributed by atoms with van der Waals surface area (Å²) in [4.78, 5) is 14.0. The van der Waals surface area contributed by atoms with Crippen LogP contribution in [0, 0.1) is 15.9 Å². The van der Waals surface area contributed by atoms with E-state index in [1.807, 2.05) is 0 Å². The number of nitro groups is 1. The third-order valence-corrected chi connectivity index (χ3v) is 2.48. The summed E-state index contributed by atoms with van der Waals surface area (Å²) in [5.74, 6) is -0.715. The van der Waals surface area contributed by atoms with Gasteiger partial charge in [0.15, 0.2) is 5.75 Å². The van der Waals surface area contributed by atoms with Crippen LogP contribution in [0.15, 0.2) is 36.4 Å². The van der Waals surface area contributed by atoms with Crippen molar-refractivity contribution in [1.82, 2.24) is 4.98 Å². The molecule has 0 spiro atoms. The molecule has 0 atom stereocenters. The van der Waals surface area contributed by atoms with Crippen molar-refractivity contribution in [2.24, 2.45) is 0 Å². The summed E-state index contributed by atoms with van der Waals surface area (Å²) in [7, 11) is 0. The lowest BCUT2D eigenvalue weighted by molar-refractivity contribution is -0.386. The van der Waals surface area contributed by atoms with E-state index >= 15 is 0 Å². The number of hydrogen-bond donors (Lipinski definition) is 0. The fourth-order valence-electron chi connectivity index (χ4n) is 1.44. The molecule has 0 radical (unpaired) electrons. The Morgan fingerprint density at radius 1 is 1.37 bits per heavy atom. The number of pyridine rings is 1. The van der Waals surface area contributed by atoms with Crippen molar-refractivity contribution in [3.63, 3.8) is 0 Å². The first-order valence-electron chi connectivity index (χ1n) is 5.24. The molecule has 0 unspecified atom stereocenters. The van der Waals surface area contributed by atoms with E-state index in [1.165, 1.54) is 6.07 Å². The van der Waals surface area contributed by atoms with Crippen molar-refractivity contribution in [2.75, 3.05) is 0 Å². The van der Waals surface area contributed by atoms with Crippen LogP contribution in [0.5, 0.6) is 5.75 Å². The lowest BCUT2D eigenvalue weighted by Gasteiger charge is -2.06. The van der Waals surface area contributed by atoms with Crippen LogP contribution in [0.25, 0.3) is 0 Å². The molecule has 0 aliphatic rings. The zero-order valence-corrected chi connectivity index (χ0v) is 10.3. The van der Waals surface area contributed by atoms with Gasteiger partial charge in [0.1, 0.15) is 17.6 Å². The predicted molar refractivity (Wildman–Crippen MR) is 66.6 cm³/mol. The van der Waals surface area contributed by atoms with Crippen molar-refractivity contribution < 1.29 is 14.1 Å². The quantitative estimate of drug-likeness (QED) is 0.490. The monoisotopic (exact) mass is 282 g/mol. The number of rotatable bonds is 4. The highest BCUT2D eigenvalue weighted by Gasteiger charge is 2.16. The molecule has 1 heterocycles. The van der Waals surface area contributed by atoms with Gasteiger partial charge < -0.3 is 4.74 Å². The summed E-state index contributed by atoms with van der Waals surface area (Å²) >= 11 is 5.70. The molecule has 7 heteroatoms. The van der Waals surface area contributed by atoms with Gasteiger partial charge in [0.05, 0.1) is 16.7 Å². The van der Waals surface area contributed by atoms with E-state index in [2.05, 4.69) is 4.98 Å². The Kier molecular flexibility index (Phi) is 3.91. The van der Waals surface area contributed by atoms with Gasteiger partial charge in [-0.05, 0) is 24.3 Å². The lowest BCUT2D eigenvalue weighted by Crippen LogP contribution is -2.01. The third kappa shape index (κ3) is 3.38. The Bertz CT molecular complexity index is 622. The van der Waals surface area contributed by atoms with Crippen LogP contribution in [-0.2, 0) is 6.61 Å². The summed E-state index contributed by atoms with van der Waals surface area (Å²) in [6.45, 7) is 0.00698. The zero-order valence-electron chi connectivity index (χ0n) is 9.55. The first-order chi connectivity index (χ1) is 9.06. The maximum atomic E-state index is 12.9. The molecule has 98 valence electrons. The highest BCUT2D eigenvalue weighted by Crippen LogP contribution is 2.28. The van der Waals surface area contributed by atoms with E-state index < -0.39 is 16.4 Å². The van der Waals surface area contributed by atoms with Crippen molar-refractivity contribution in [2.45, 2.75) is 6.61 Å². The second-order valence-electron chi connectivity index (χ2n) is 3.61. The van der Waals surface area contributed by atoms with Gasteiger partial charge in [-0.15, -0.1) is 0 Å². The number of hydrogen-bond acceptors (Lipinski definition) is 4. The normalized spacial score (nSPS) is 10.2. The van der Waals surface area contributed by atoms with Gasteiger partial charge in [-0.1, -0.05) is 17.7 Å². The molecule has 0 amide bonds. The minimum Gasteiger partial charge on any atom is -0.480 e. The number of halogens is 2. The molecule has 19 heavy (non-hydrogen) atoms. The van der Waals surface area contributed by atoms with Crippen LogP contribution in [0.4, 0.5) is 10.1 Å². The minimum absolute atomic E-state index is 0.00698. The molecule has 1 aromatic carbocycles. The number of nitrogens with zero attached hydrogens (tertiary/aromatic N) is 2. The molecular formula is C12H8ClFN2O3. The molecule has 0 saturated carbocycles. The van der Waals surface area contributed by atoms with Crippen molar-refractivity contribution >= 4 is 17.3 Å². The molecule has 1 aromatic heterocycles. The van der Waals surface area contributed by atoms with Gasteiger partial charge in [-0.3, -0.25) is 10.1 Å². The van der Waals surface area contributed by atoms with E-state index in [0.29, 0.717) is 10.8 Å². The fraction of sp³-hybridized carbons (Fsp3) is 0.0833. The molecule has 2 rings (SSSR count). The van der Waals surface area contributed by atoms with E-state index in [4.69, 9.17) is 16.3 Å². The van der Waals surface area contributed by atoms with Crippen molar-refractivity contribution in [3.8, 4) is 5.75 Å². The van der Waals surface area contributed by atoms with Gasteiger partial charge in [0.25, 0.3) is 0 Å². The second-order valence-corrected chi connectivity index (χ2v) is 4.00. The fourth-order valence-corrected chi connectivity index (χ4v) is 1.62. The first kappa shape index (κ1) is 13.2. The van der Waals surface area contributed by atoms with Crippen LogP contribution in [0.1, 0.15) is 5.69 Å². The minimum atomic E-state index is -0.705. The SMILES string of the molecule is O=[N+]([O-])c1cc(F)ccc1OCc1cccc(Cl)n1. The highest BCUT2D eigenvalue weighted by atomic mass is 35.5. The highest BCUT2D eigenvalue weighted by molar-refractivity contribution is 6.29. The van der Waals surface area contributed by atoms with Crippen LogP contribution in [0.2, 0.25) is 5.15 Å². The van der Waals surface area contributed by atoms with Gasteiger partial charge in [0.2, 0.25) is 0 Å². The summed E-state index contributed by atoms with van der Waals surface area (Å²) in [5, 5.41) is 11.1. The summed E-state index contributed by atoms with van der Waals surface area (Å²) in [6.07, 6.45) is 0. The van der Waals surface area contributed by atoms with Gasteiger partial charge in [-0.2, -0.15) is 0 Å². The van der Waals surface area contributed by atoms with E-state index in [9.17, 15) is 14.5 Å². The Labute approximate surface area is 112 Å². The van der Waals surface area contributed by atoms with Crippen LogP contribution >= 0.6 is 11.6 Å². The molecule has 0 saturated heterocycles. The maximum Gasteiger partial charge on any atom is 0.313 e. The van der Waals surface area contributed by atoms with E-state index in [-0.39, 0.29) is 12.4 Å². The summed E-state index contributed by atoms with van der Waals surface area (Å²) in [6, 6.07) is 8.06. The number of ether oxygens (including phenoxy) is 1. The Morgan fingerprint density at radius 3 is 2.84 bits per heavy atom. The van der Waals surface area contributed by atoms with Crippen LogP contribution in [-0.4, -0.2) is 9.91 Å². The summed E-state index contributed by atoms with van der Waals surface area (Å²) < 4.78 is 18.2. The second kappa shape index (κ2) is 5.62. The Hall–Kier alpha value is -2.21.